The van der Waals surface area contributed by atoms with E-state index in [1.165, 1.54) is 18.3 Å². The molecule has 2 aromatic rings. The monoisotopic (exact) mass is 261 g/mol. The molecule has 7 nitrogen and oxygen atoms in total. The van der Waals surface area contributed by atoms with Crippen LogP contribution in [0.2, 0.25) is 0 Å². The molecular weight excluding hydrogens is 250 g/mol. The van der Waals surface area contributed by atoms with Crippen LogP contribution in [0.15, 0.2) is 30.5 Å². The van der Waals surface area contributed by atoms with Crippen LogP contribution in [-0.4, -0.2) is 21.1 Å². The van der Waals surface area contributed by atoms with Crippen LogP contribution in [0.1, 0.15) is 18.5 Å². The summed E-state index contributed by atoms with van der Waals surface area (Å²) in [5.74, 6) is 0. The molecule has 0 bridgehead atoms. The number of benzene rings is 1. The smallest absolute Gasteiger partial charge is 0.405 e. The lowest BCUT2D eigenvalue weighted by atomic mass is 10.0. The highest BCUT2D eigenvalue weighted by atomic mass is 16.6. The first-order chi connectivity index (χ1) is 9.00. The van der Waals surface area contributed by atoms with E-state index in [0.717, 1.165) is 0 Å². The standard InChI is InChI=1S/C12H11N3O4/c1-7(14-12(16)17)8-4-5-10(15(18)19)9-3-2-6-13-11(8)9/h2-7,14H,1H3,(H,16,17). The first-order valence-corrected chi connectivity index (χ1v) is 5.52. The quantitative estimate of drug-likeness (QED) is 0.652. The highest BCUT2D eigenvalue weighted by molar-refractivity contribution is 5.90. The molecule has 19 heavy (non-hydrogen) atoms. The van der Waals surface area contributed by atoms with Gasteiger partial charge in [0.25, 0.3) is 5.69 Å². The number of carboxylic acid groups (broad SMARTS) is 1. The van der Waals surface area contributed by atoms with Gasteiger partial charge in [0.15, 0.2) is 0 Å². The number of amides is 1. The van der Waals surface area contributed by atoms with Crippen molar-refractivity contribution in [2.75, 3.05) is 0 Å². The third kappa shape index (κ3) is 2.44. The van der Waals surface area contributed by atoms with E-state index in [-0.39, 0.29) is 5.69 Å². The Morgan fingerprint density at radius 3 is 2.84 bits per heavy atom. The summed E-state index contributed by atoms with van der Waals surface area (Å²) in [6.07, 6.45) is 0.359. The van der Waals surface area contributed by atoms with E-state index in [0.29, 0.717) is 16.5 Å². The van der Waals surface area contributed by atoms with Crippen molar-refractivity contribution in [3.05, 3.63) is 46.1 Å². The normalized spacial score (nSPS) is 12.1. The van der Waals surface area contributed by atoms with Gasteiger partial charge < -0.3 is 10.4 Å². The lowest BCUT2D eigenvalue weighted by Gasteiger charge is -2.13. The Labute approximate surface area is 108 Å². The molecule has 2 rings (SSSR count). The largest absolute Gasteiger partial charge is 0.465 e. The fraction of sp³-hybridized carbons (Fsp3) is 0.167. The van der Waals surface area contributed by atoms with Crippen molar-refractivity contribution in [1.29, 1.82) is 0 Å². The number of fused-ring (bicyclic) bond motifs is 1. The summed E-state index contributed by atoms with van der Waals surface area (Å²) in [6.45, 7) is 1.66. The van der Waals surface area contributed by atoms with Crippen LogP contribution >= 0.6 is 0 Å². The van der Waals surface area contributed by atoms with Gasteiger partial charge in [-0.15, -0.1) is 0 Å². The predicted octanol–water partition coefficient (Wildman–Crippen LogP) is 2.47. The van der Waals surface area contributed by atoms with E-state index < -0.39 is 17.1 Å². The minimum atomic E-state index is -1.16. The number of nitro benzene ring substituents is 1. The van der Waals surface area contributed by atoms with E-state index in [4.69, 9.17) is 5.11 Å². The van der Waals surface area contributed by atoms with Gasteiger partial charge in [0, 0.05) is 17.8 Å². The third-order valence-electron chi connectivity index (χ3n) is 2.78. The molecule has 98 valence electrons. The van der Waals surface area contributed by atoms with E-state index in [1.54, 1.807) is 19.1 Å². The van der Waals surface area contributed by atoms with Crippen molar-refractivity contribution in [3.8, 4) is 0 Å². The lowest BCUT2D eigenvalue weighted by Crippen LogP contribution is -2.24. The zero-order chi connectivity index (χ0) is 14.0. The second-order valence-electron chi connectivity index (χ2n) is 4.00. The van der Waals surface area contributed by atoms with Crippen molar-refractivity contribution in [1.82, 2.24) is 10.3 Å². The molecule has 1 unspecified atom stereocenters. The number of non-ortho nitro benzene ring substituents is 1. The topological polar surface area (TPSA) is 105 Å². The highest BCUT2D eigenvalue weighted by Gasteiger charge is 2.18. The van der Waals surface area contributed by atoms with Gasteiger partial charge in [-0.2, -0.15) is 0 Å². The number of carbonyl (C=O) groups is 1. The number of nitrogens with one attached hydrogen (secondary N) is 1. The molecule has 0 aliphatic carbocycles. The van der Waals surface area contributed by atoms with Crippen LogP contribution in [0.25, 0.3) is 10.9 Å². The van der Waals surface area contributed by atoms with Crippen molar-refractivity contribution in [3.63, 3.8) is 0 Å². The molecule has 0 saturated heterocycles. The molecule has 1 heterocycles. The predicted molar refractivity (Wildman–Crippen MR) is 68.0 cm³/mol. The Morgan fingerprint density at radius 1 is 1.47 bits per heavy atom. The van der Waals surface area contributed by atoms with Crippen LogP contribution in [0.3, 0.4) is 0 Å². The lowest BCUT2D eigenvalue weighted by molar-refractivity contribution is -0.383. The van der Waals surface area contributed by atoms with Gasteiger partial charge in [0.1, 0.15) is 0 Å². The SMILES string of the molecule is CC(NC(=O)O)c1ccc([N+](=O)[O-])c2cccnc12. The zero-order valence-electron chi connectivity index (χ0n) is 10.0. The van der Waals surface area contributed by atoms with Crippen LogP contribution < -0.4 is 5.32 Å². The van der Waals surface area contributed by atoms with E-state index >= 15 is 0 Å². The zero-order valence-corrected chi connectivity index (χ0v) is 10.0. The number of pyridine rings is 1. The minimum absolute atomic E-state index is 0.0469. The Balaban J connectivity index is 2.61. The first-order valence-electron chi connectivity index (χ1n) is 5.52. The average Bonchev–Trinajstić information content (AvgIpc) is 2.36. The molecule has 0 radical (unpaired) electrons. The number of nitrogens with zero attached hydrogens (tertiary/aromatic N) is 2. The molecule has 0 aliphatic heterocycles. The first kappa shape index (κ1) is 12.7. The summed E-state index contributed by atoms with van der Waals surface area (Å²) in [5.41, 5.74) is 0.982. The second kappa shape index (κ2) is 4.89. The summed E-state index contributed by atoms with van der Waals surface area (Å²) in [6, 6.07) is 5.58. The number of hydrogen-bond donors (Lipinski definition) is 2. The van der Waals surface area contributed by atoms with Gasteiger partial charge in [-0.05, 0) is 25.1 Å². The summed E-state index contributed by atoms with van der Waals surface area (Å²) < 4.78 is 0. The number of rotatable bonds is 3. The molecule has 7 heteroatoms. The molecule has 2 N–H and O–H groups in total. The van der Waals surface area contributed by atoms with Crippen LogP contribution in [0.4, 0.5) is 10.5 Å². The Bertz CT molecular complexity index is 656. The highest BCUT2D eigenvalue weighted by Crippen LogP contribution is 2.29. The second-order valence-corrected chi connectivity index (χ2v) is 4.00. The van der Waals surface area contributed by atoms with E-state index in [1.807, 2.05) is 0 Å². The number of aromatic nitrogens is 1. The van der Waals surface area contributed by atoms with Crippen LogP contribution in [0.5, 0.6) is 0 Å². The van der Waals surface area contributed by atoms with Gasteiger partial charge >= 0.3 is 6.09 Å². The number of nitro groups is 1. The fourth-order valence-electron chi connectivity index (χ4n) is 1.95. The van der Waals surface area contributed by atoms with Gasteiger partial charge in [-0.1, -0.05) is 0 Å². The Hall–Kier alpha value is -2.70. The maximum Gasteiger partial charge on any atom is 0.405 e. The Kier molecular flexibility index (Phi) is 3.28. The Morgan fingerprint density at radius 2 is 2.21 bits per heavy atom. The molecule has 1 aromatic heterocycles. The third-order valence-corrected chi connectivity index (χ3v) is 2.78. The maximum atomic E-state index is 10.9. The summed E-state index contributed by atoms with van der Waals surface area (Å²) in [5, 5.41) is 22.4. The molecule has 0 spiro atoms. The molecular formula is C12H11N3O4. The van der Waals surface area contributed by atoms with Crippen LogP contribution in [0, 0.1) is 10.1 Å². The molecule has 1 amide bonds. The van der Waals surface area contributed by atoms with Crippen molar-refractivity contribution < 1.29 is 14.8 Å². The van der Waals surface area contributed by atoms with Crippen LogP contribution in [-0.2, 0) is 0 Å². The van der Waals surface area contributed by atoms with Gasteiger partial charge in [0.05, 0.1) is 21.9 Å². The van der Waals surface area contributed by atoms with E-state index in [2.05, 4.69) is 10.3 Å². The summed E-state index contributed by atoms with van der Waals surface area (Å²) in [7, 11) is 0. The summed E-state index contributed by atoms with van der Waals surface area (Å²) in [4.78, 5) is 25.2. The summed E-state index contributed by atoms with van der Waals surface area (Å²) >= 11 is 0. The van der Waals surface area contributed by atoms with Gasteiger partial charge in [-0.25, -0.2) is 4.79 Å². The molecule has 0 aliphatic rings. The fourth-order valence-corrected chi connectivity index (χ4v) is 1.95. The maximum absolute atomic E-state index is 10.9. The van der Waals surface area contributed by atoms with Crippen molar-refractivity contribution in [2.24, 2.45) is 0 Å². The van der Waals surface area contributed by atoms with E-state index in [9.17, 15) is 14.9 Å². The van der Waals surface area contributed by atoms with Crippen molar-refractivity contribution >= 4 is 22.7 Å². The van der Waals surface area contributed by atoms with Gasteiger partial charge in [0.2, 0.25) is 0 Å². The molecule has 1 atom stereocenters. The minimum Gasteiger partial charge on any atom is -0.465 e. The molecule has 0 fully saturated rings. The average molecular weight is 261 g/mol. The molecule has 0 saturated carbocycles. The van der Waals surface area contributed by atoms with Gasteiger partial charge in [-0.3, -0.25) is 15.1 Å². The number of hydrogen-bond acceptors (Lipinski definition) is 4. The molecule has 1 aromatic carbocycles. The van der Waals surface area contributed by atoms with Crippen molar-refractivity contribution in [2.45, 2.75) is 13.0 Å².